The fraction of sp³-hybridized carbons (Fsp3) is 0.889. The van der Waals surface area contributed by atoms with Crippen LogP contribution >= 0.6 is 0 Å². The van der Waals surface area contributed by atoms with Gasteiger partial charge in [-0.3, -0.25) is 4.79 Å². The van der Waals surface area contributed by atoms with Gasteiger partial charge >= 0.3 is 0 Å². The molecule has 1 aliphatic heterocycles. The predicted octanol–water partition coefficient (Wildman–Crippen LogP) is 1.70. The molecule has 0 unspecified atom stereocenters. The van der Waals surface area contributed by atoms with Crippen LogP contribution in [0.4, 0.5) is 0 Å². The zero-order valence-electron chi connectivity index (χ0n) is 7.39. The molecule has 1 fully saturated rings. The third-order valence-corrected chi connectivity index (χ3v) is 2.35. The molecule has 1 N–H and O–H groups in total. The van der Waals surface area contributed by atoms with Crippen LogP contribution in [0.3, 0.4) is 0 Å². The van der Waals surface area contributed by atoms with E-state index in [4.69, 9.17) is 0 Å². The van der Waals surface area contributed by atoms with E-state index >= 15 is 0 Å². The molecule has 11 heavy (non-hydrogen) atoms. The van der Waals surface area contributed by atoms with Gasteiger partial charge in [0, 0.05) is 6.04 Å². The Hall–Kier alpha value is -0.530. The van der Waals surface area contributed by atoms with Crippen molar-refractivity contribution >= 4 is 5.91 Å². The molecule has 0 radical (unpaired) electrons. The molecule has 2 heteroatoms. The normalized spacial score (nSPS) is 29.5. The number of carbonyl (C=O) groups excluding carboxylic acids is 1. The van der Waals surface area contributed by atoms with Crippen LogP contribution < -0.4 is 5.32 Å². The molecule has 0 aromatic heterocycles. The molecule has 0 spiro atoms. The van der Waals surface area contributed by atoms with Crippen LogP contribution in [0.5, 0.6) is 0 Å². The smallest absolute Gasteiger partial charge is 0.225 e. The Morgan fingerprint density at radius 1 is 1.27 bits per heavy atom. The first-order valence-electron chi connectivity index (χ1n) is 4.60. The fourth-order valence-electron chi connectivity index (χ4n) is 1.70. The van der Waals surface area contributed by atoms with Gasteiger partial charge in [-0.15, -0.1) is 0 Å². The fourth-order valence-corrected chi connectivity index (χ4v) is 1.70. The van der Waals surface area contributed by atoms with Gasteiger partial charge in [0.05, 0.1) is 5.92 Å². The summed E-state index contributed by atoms with van der Waals surface area (Å²) >= 11 is 0. The highest BCUT2D eigenvalue weighted by molar-refractivity contribution is 5.85. The minimum atomic E-state index is 0.269. The predicted molar refractivity (Wildman–Crippen MR) is 45.2 cm³/mol. The summed E-state index contributed by atoms with van der Waals surface area (Å²) in [5.74, 6) is 0.602. The summed E-state index contributed by atoms with van der Waals surface area (Å²) in [6, 6.07) is 0.493. The van der Waals surface area contributed by atoms with Crippen LogP contribution in [0.1, 0.15) is 39.5 Å². The summed E-state index contributed by atoms with van der Waals surface area (Å²) in [5, 5.41) is 2.94. The zero-order chi connectivity index (χ0) is 8.27. The number of β-lactam (4-membered cyclic amide) rings is 1. The Bertz CT molecular complexity index is 144. The molecule has 1 amide bonds. The molecule has 64 valence electrons. The van der Waals surface area contributed by atoms with Gasteiger partial charge in [0.2, 0.25) is 5.91 Å². The second-order valence-electron chi connectivity index (χ2n) is 3.30. The second kappa shape index (κ2) is 3.74. The van der Waals surface area contributed by atoms with E-state index in [1.54, 1.807) is 0 Å². The van der Waals surface area contributed by atoms with E-state index in [2.05, 4.69) is 19.2 Å². The first kappa shape index (κ1) is 8.57. The summed E-state index contributed by atoms with van der Waals surface area (Å²) in [7, 11) is 0. The standard InChI is InChI=1S/C9H17NO/c1-3-5-7-8(6-4-2)10-9(7)11/h7-8H,3-6H2,1-2H3,(H,10,11)/t7-,8-/m0/s1. The number of hydrogen-bond donors (Lipinski definition) is 1. The maximum Gasteiger partial charge on any atom is 0.225 e. The van der Waals surface area contributed by atoms with Gasteiger partial charge in [-0.25, -0.2) is 0 Å². The van der Waals surface area contributed by atoms with Crippen LogP contribution in [0.25, 0.3) is 0 Å². The SMILES string of the molecule is CCC[C@@H]1NC(=O)[C@H]1CCC. The zero-order valence-corrected chi connectivity index (χ0v) is 7.39. The van der Waals surface area contributed by atoms with E-state index < -0.39 is 0 Å². The number of hydrogen-bond acceptors (Lipinski definition) is 1. The number of amides is 1. The minimum absolute atomic E-state index is 0.269. The Kier molecular flexibility index (Phi) is 2.92. The van der Waals surface area contributed by atoms with Crippen molar-refractivity contribution in [2.24, 2.45) is 5.92 Å². The van der Waals surface area contributed by atoms with E-state index in [-0.39, 0.29) is 5.91 Å². The van der Waals surface area contributed by atoms with Crippen LogP contribution in [0, 0.1) is 5.92 Å². The topological polar surface area (TPSA) is 29.1 Å². The molecule has 0 bridgehead atoms. The third-order valence-electron chi connectivity index (χ3n) is 2.35. The van der Waals surface area contributed by atoms with Crippen molar-refractivity contribution in [3.05, 3.63) is 0 Å². The van der Waals surface area contributed by atoms with Crippen molar-refractivity contribution in [1.29, 1.82) is 0 Å². The number of carbonyl (C=O) groups is 1. The van der Waals surface area contributed by atoms with Crippen LogP contribution in [0.2, 0.25) is 0 Å². The molecule has 0 aromatic rings. The lowest BCUT2D eigenvalue weighted by molar-refractivity contribution is -0.135. The van der Waals surface area contributed by atoms with E-state index in [0.29, 0.717) is 12.0 Å². The van der Waals surface area contributed by atoms with E-state index in [9.17, 15) is 4.79 Å². The minimum Gasteiger partial charge on any atom is -0.352 e. The van der Waals surface area contributed by atoms with E-state index in [1.807, 2.05) is 0 Å². The van der Waals surface area contributed by atoms with Crippen molar-refractivity contribution in [3.8, 4) is 0 Å². The molecule has 1 rings (SSSR count). The summed E-state index contributed by atoms with van der Waals surface area (Å²) < 4.78 is 0. The maximum atomic E-state index is 11.0. The van der Waals surface area contributed by atoms with Gasteiger partial charge in [-0.2, -0.15) is 0 Å². The van der Waals surface area contributed by atoms with Crippen molar-refractivity contribution in [2.45, 2.75) is 45.6 Å². The number of nitrogens with one attached hydrogen (secondary N) is 1. The van der Waals surface area contributed by atoms with Crippen LogP contribution in [0.15, 0.2) is 0 Å². The Morgan fingerprint density at radius 2 is 1.91 bits per heavy atom. The lowest BCUT2D eigenvalue weighted by Crippen LogP contribution is -2.57. The van der Waals surface area contributed by atoms with E-state index in [1.165, 1.54) is 6.42 Å². The maximum absolute atomic E-state index is 11.0. The van der Waals surface area contributed by atoms with Crippen LogP contribution in [-0.4, -0.2) is 11.9 Å². The van der Waals surface area contributed by atoms with Gasteiger partial charge < -0.3 is 5.32 Å². The Balaban J connectivity index is 2.29. The molecular formula is C9H17NO. The highest BCUT2D eigenvalue weighted by Crippen LogP contribution is 2.23. The first-order chi connectivity index (χ1) is 5.29. The van der Waals surface area contributed by atoms with Crippen molar-refractivity contribution in [3.63, 3.8) is 0 Å². The quantitative estimate of drug-likeness (QED) is 0.615. The average molecular weight is 155 g/mol. The molecule has 0 aliphatic carbocycles. The van der Waals surface area contributed by atoms with Gasteiger partial charge in [-0.1, -0.05) is 26.7 Å². The Labute approximate surface area is 68.4 Å². The van der Waals surface area contributed by atoms with Gasteiger partial charge in [0.25, 0.3) is 0 Å². The first-order valence-corrected chi connectivity index (χ1v) is 4.60. The van der Waals surface area contributed by atoms with Gasteiger partial charge in [0.15, 0.2) is 0 Å². The summed E-state index contributed by atoms with van der Waals surface area (Å²) in [6.07, 6.45) is 4.51. The highest BCUT2D eigenvalue weighted by Gasteiger charge is 2.36. The third kappa shape index (κ3) is 1.73. The summed E-state index contributed by atoms with van der Waals surface area (Å²) in [6.45, 7) is 4.29. The molecule has 2 atom stereocenters. The number of rotatable bonds is 4. The lowest BCUT2D eigenvalue weighted by Gasteiger charge is -2.36. The summed E-state index contributed by atoms with van der Waals surface area (Å²) in [4.78, 5) is 11.0. The van der Waals surface area contributed by atoms with Gasteiger partial charge in [-0.05, 0) is 12.8 Å². The molecule has 1 aliphatic rings. The lowest BCUT2D eigenvalue weighted by atomic mass is 9.84. The van der Waals surface area contributed by atoms with E-state index in [0.717, 1.165) is 19.3 Å². The highest BCUT2D eigenvalue weighted by atomic mass is 16.2. The largest absolute Gasteiger partial charge is 0.352 e. The van der Waals surface area contributed by atoms with Crippen molar-refractivity contribution in [1.82, 2.24) is 5.32 Å². The van der Waals surface area contributed by atoms with Crippen molar-refractivity contribution < 1.29 is 4.79 Å². The molecular weight excluding hydrogens is 138 g/mol. The monoisotopic (exact) mass is 155 g/mol. The van der Waals surface area contributed by atoms with Gasteiger partial charge in [0.1, 0.15) is 0 Å². The molecule has 0 saturated carbocycles. The molecule has 1 heterocycles. The Morgan fingerprint density at radius 3 is 2.36 bits per heavy atom. The summed E-state index contributed by atoms with van der Waals surface area (Å²) in [5.41, 5.74) is 0. The molecule has 1 saturated heterocycles. The van der Waals surface area contributed by atoms with Crippen LogP contribution in [-0.2, 0) is 4.79 Å². The van der Waals surface area contributed by atoms with Crippen molar-refractivity contribution in [2.75, 3.05) is 0 Å². The molecule has 2 nitrogen and oxygen atoms in total. The molecule has 0 aromatic carbocycles. The second-order valence-corrected chi connectivity index (χ2v) is 3.30. The average Bonchev–Trinajstić information content (AvgIpc) is 2.00.